The van der Waals surface area contributed by atoms with Crippen LogP contribution in [-0.2, 0) is 10.2 Å². The lowest BCUT2D eigenvalue weighted by molar-refractivity contribution is -0.129. The number of fused-ring (bicyclic) bond motifs is 2. The summed E-state index contributed by atoms with van der Waals surface area (Å²) < 4.78 is 0. The second-order valence-corrected chi connectivity index (χ2v) is 8.32. The first-order valence-corrected chi connectivity index (χ1v) is 9.11. The van der Waals surface area contributed by atoms with Crippen molar-refractivity contribution in [1.82, 2.24) is 4.98 Å². The molecular formula is C22H21ClN2O. The molecule has 0 radical (unpaired) electrons. The average molecular weight is 365 g/mol. The topological polar surface area (TPSA) is 33.2 Å². The number of aromatic nitrogens is 1. The van der Waals surface area contributed by atoms with Gasteiger partial charge in [0, 0.05) is 10.8 Å². The van der Waals surface area contributed by atoms with Gasteiger partial charge in [-0.1, -0.05) is 69.6 Å². The highest BCUT2D eigenvalue weighted by Gasteiger charge is 2.52. The quantitative estimate of drug-likeness (QED) is 0.541. The minimum Gasteiger partial charge on any atom is -0.277 e. The number of carbonyl (C=O) groups excluding carboxylic acids is 1. The summed E-state index contributed by atoms with van der Waals surface area (Å²) in [6.45, 7) is 8.22. The zero-order chi connectivity index (χ0) is 18.7. The Balaban J connectivity index is 2.02. The van der Waals surface area contributed by atoms with E-state index in [0.29, 0.717) is 5.02 Å². The maximum Gasteiger partial charge on any atom is 0.238 e. The van der Waals surface area contributed by atoms with E-state index in [2.05, 4.69) is 24.9 Å². The highest BCUT2D eigenvalue weighted by molar-refractivity contribution is 6.34. The number of halogens is 1. The Labute approximate surface area is 158 Å². The standard InChI is InChI=1S/C22H21ClN2O/c1-21(2)16-9-7-10-17(23)19(16)25(20(26)22(21,3)4)15-12-14-8-5-6-11-18(14)24-13-15/h5-13H,1-4H3. The van der Waals surface area contributed by atoms with Crippen LogP contribution in [0.4, 0.5) is 11.4 Å². The first-order chi connectivity index (χ1) is 12.2. The molecule has 26 heavy (non-hydrogen) atoms. The van der Waals surface area contributed by atoms with Gasteiger partial charge in [0.05, 0.1) is 33.5 Å². The Hall–Kier alpha value is -2.39. The molecule has 1 aromatic heterocycles. The third-order valence-electron chi connectivity index (χ3n) is 6.02. The van der Waals surface area contributed by atoms with Crippen molar-refractivity contribution in [1.29, 1.82) is 0 Å². The number of rotatable bonds is 1. The number of benzene rings is 2. The lowest BCUT2D eigenvalue weighted by Gasteiger charge is -2.49. The Morgan fingerprint density at radius 3 is 2.46 bits per heavy atom. The summed E-state index contributed by atoms with van der Waals surface area (Å²) in [5.74, 6) is 0.0279. The number of nitrogens with zero attached hydrogens (tertiary/aromatic N) is 2. The van der Waals surface area contributed by atoms with Gasteiger partial charge in [0.1, 0.15) is 0 Å². The van der Waals surface area contributed by atoms with Crippen molar-refractivity contribution in [2.45, 2.75) is 33.1 Å². The van der Waals surface area contributed by atoms with Gasteiger partial charge in [0.15, 0.2) is 0 Å². The van der Waals surface area contributed by atoms with Crippen molar-refractivity contribution in [3.05, 3.63) is 65.3 Å². The minimum atomic E-state index is -0.587. The molecule has 2 heterocycles. The monoisotopic (exact) mass is 364 g/mol. The van der Waals surface area contributed by atoms with Crippen LogP contribution in [0, 0.1) is 5.41 Å². The fraction of sp³-hybridized carbons (Fsp3) is 0.273. The molecule has 132 valence electrons. The molecule has 3 nitrogen and oxygen atoms in total. The molecule has 1 aliphatic heterocycles. The van der Waals surface area contributed by atoms with Gasteiger partial charge >= 0.3 is 0 Å². The molecule has 3 aromatic rings. The van der Waals surface area contributed by atoms with Crippen molar-refractivity contribution in [2.24, 2.45) is 5.41 Å². The van der Waals surface area contributed by atoms with Crippen molar-refractivity contribution in [2.75, 3.05) is 4.90 Å². The van der Waals surface area contributed by atoms with Crippen molar-refractivity contribution >= 4 is 39.8 Å². The third kappa shape index (κ3) is 2.20. The maximum atomic E-state index is 13.6. The van der Waals surface area contributed by atoms with Gasteiger partial charge in [-0.25, -0.2) is 0 Å². The third-order valence-corrected chi connectivity index (χ3v) is 6.32. The molecule has 0 atom stereocenters. The molecule has 0 fully saturated rings. The Morgan fingerprint density at radius 2 is 1.69 bits per heavy atom. The fourth-order valence-electron chi connectivity index (χ4n) is 3.66. The van der Waals surface area contributed by atoms with Gasteiger partial charge in [-0.2, -0.15) is 0 Å². The van der Waals surface area contributed by atoms with Gasteiger partial charge in [-0.15, -0.1) is 0 Å². The molecule has 0 N–H and O–H groups in total. The van der Waals surface area contributed by atoms with Crippen LogP contribution in [0.25, 0.3) is 10.9 Å². The molecule has 0 spiro atoms. The van der Waals surface area contributed by atoms with Gasteiger partial charge < -0.3 is 0 Å². The SMILES string of the molecule is CC1(C)C(=O)N(c2cnc3ccccc3c2)c2c(Cl)cccc2C1(C)C. The normalized spacial score (nSPS) is 18.0. The van der Waals surface area contributed by atoms with E-state index >= 15 is 0 Å². The van der Waals surface area contributed by atoms with E-state index < -0.39 is 5.41 Å². The number of hydrogen-bond acceptors (Lipinski definition) is 2. The highest BCUT2D eigenvalue weighted by Crippen LogP contribution is 2.54. The smallest absolute Gasteiger partial charge is 0.238 e. The lowest BCUT2D eigenvalue weighted by Crippen LogP contribution is -2.53. The van der Waals surface area contributed by atoms with E-state index in [4.69, 9.17) is 11.6 Å². The van der Waals surface area contributed by atoms with E-state index in [-0.39, 0.29) is 11.3 Å². The van der Waals surface area contributed by atoms with E-state index in [9.17, 15) is 4.79 Å². The number of carbonyl (C=O) groups is 1. The zero-order valence-electron chi connectivity index (χ0n) is 15.4. The Morgan fingerprint density at radius 1 is 0.962 bits per heavy atom. The van der Waals surface area contributed by atoms with Crippen molar-refractivity contribution in [3.63, 3.8) is 0 Å². The van der Waals surface area contributed by atoms with Crippen LogP contribution in [0.1, 0.15) is 33.3 Å². The summed E-state index contributed by atoms with van der Waals surface area (Å²) in [5, 5.41) is 1.57. The van der Waals surface area contributed by atoms with Crippen molar-refractivity contribution < 1.29 is 4.79 Å². The number of anilines is 2. The van der Waals surface area contributed by atoms with E-state index in [1.54, 1.807) is 11.1 Å². The molecule has 2 aromatic carbocycles. The van der Waals surface area contributed by atoms with E-state index in [1.165, 1.54) is 0 Å². The highest BCUT2D eigenvalue weighted by atomic mass is 35.5. The number of para-hydroxylation sites is 2. The largest absolute Gasteiger partial charge is 0.277 e. The minimum absolute atomic E-state index is 0.0279. The molecule has 0 unspecified atom stereocenters. The lowest BCUT2D eigenvalue weighted by atomic mass is 9.61. The summed E-state index contributed by atoms with van der Waals surface area (Å²) in [5.41, 5.74) is 2.55. The van der Waals surface area contributed by atoms with Gasteiger partial charge in [0.2, 0.25) is 5.91 Å². The van der Waals surface area contributed by atoms with E-state index in [1.807, 2.05) is 56.3 Å². The number of pyridine rings is 1. The first kappa shape index (κ1) is 17.0. The number of hydrogen-bond donors (Lipinski definition) is 0. The molecule has 1 amide bonds. The van der Waals surface area contributed by atoms with Crippen LogP contribution in [0.2, 0.25) is 5.02 Å². The summed E-state index contributed by atoms with van der Waals surface area (Å²) in [6.07, 6.45) is 1.75. The second-order valence-electron chi connectivity index (χ2n) is 7.91. The van der Waals surface area contributed by atoms with Gasteiger partial charge in [-0.3, -0.25) is 14.7 Å². The van der Waals surface area contributed by atoms with Crippen LogP contribution in [-0.4, -0.2) is 10.9 Å². The Bertz CT molecular complexity index is 1040. The van der Waals surface area contributed by atoms with E-state index in [0.717, 1.165) is 27.8 Å². The molecule has 0 aliphatic carbocycles. The summed E-state index contributed by atoms with van der Waals surface area (Å²) in [7, 11) is 0. The van der Waals surface area contributed by atoms with Crippen LogP contribution in [0.3, 0.4) is 0 Å². The summed E-state index contributed by atoms with van der Waals surface area (Å²) >= 11 is 6.58. The molecule has 4 rings (SSSR count). The second kappa shape index (κ2) is 5.55. The van der Waals surface area contributed by atoms with Crippen LogP contribution in [0.15, 0.2) is 54.7 Å². The summed E-state index contributed by atoms with van der Waals surface area (Å²) in [4.78, 5) is 19.8. The predicted molar refractivity (Wildman–Crippen MR) is 107 cm³/mol. The molecular weight excluding hydrogens is 344 g/mol. The summed E-state index contributed by atoms with van der Waals surface area (Å²) in [6, 6.07) is 15.8. The molecule has 1 aliphatic rings. The molecule has 0 bridgehead atoms. The Kier molecular flexibility index (Phi) is 3.64. The molecule has 0 saturated heterocycles. The average Bonchev–Trinajstić information content (AvgIpc) is 2.61. The predicted octanol–water partition coefficient (Wildman–Crippen LogP) is 5.87. The van der Waals surface area contributed by atoms with Gasteiger partial charge in [0.25, 0.3) is 0 Å². The van der Waals surface area contributed by atoms with Crippen LogP contribution in [0.5, 0.6) is 0 Å². The molecule has 4 heteroatoms. The van der Waals surface area contributed by atoms with Crippen molar-refractivity contribution in [3.8, 4) is 0 Å². The maximum absolute atomic E-state index is 13.6. The number of amides is 1. The fourth-order valence-corrected chi connectivity index (χ4v) is 3.92. The molecule has 0 saturated carbocycles. The van der Waals surface area contributed by atoms with Crippen LogP contribution < -0.4 is 4.90 Å². The zero-order valence-corrected chi connectivity index (χ0v) is 16.1. The first-order valence-electron chi connectivity index (χ1n) is 8.73. The van der Waals surface area contributed by atoms with Crippen LogP contribution >= 0.6 is 11.6 Å². The van der Waals surface area contributed by atoms with Gasteiger partial charge in [-0.05, 0) is 23.8 Å².